The van der Waals surface area contributed by atoms with Crippen molar-refractivity contribution in [3.63, 3.8) is 0 Å². The van der Waals surface area contributed by atoms with Gasteiger partial charge in [0.25, 0.3) is 0 Å². The lowest BCUT2D eigenvalue weighted by atomic mass is 9.75. The zero-order valence-corrected chi connectivity index (χ0v) is 19.9. The van der Waals surface area contributed by atoms with Gasteiger partial charge in [0.1, 0.15) is 5.82 Å². The fourth-order valence-corrected chi connectivity index (χ4v) is 5.19. The third kappa shape index (κ3) is 4.75. The van der Waals surface area contributed by atoms with Crippen molar-refractivity contribution in [3.05, 3.63) is 71.5 Å². The van der Waals surface area contributed by atoms with Gasteiger partial charge in [-0.05, 0) is 38.6 Å². The average molecular weight is 466 g/mol. The third-order valence-electron chi connectivity index (χ3n) is 7.07. The average Bonchev–Trinajstić information content (AvgIpc) is 3.07. The second-order valence-corrected chi connectivity index (χ2v) is 9.66. The van der Waals surface area contributed by atoms with Gasteiger partial charge in [-0.25, -0.2) is 4.39 Å². The van der Waals surface area contributed by atoms with E-state index in [0.717, 1.165) is 12.8 Å². The van der Waals surface area contributed by atoms with Crippen LogP contribution in [0.25, 0.3) is 0 Å². The van der Waals surface area contributed by atoms with E-state index >= 15 is 0 Å². The lowest BCUT2D eigenvalue weighted by molar-refractivity contribution is -0.143. The predicted octanol–water partition coefficient (Wildman–Crippen LogP) is 3.18. The highest BCUT2D eigenvalue weighted by Gasteiger charge is 2.55. The first kappa shape index (κ1) is 24.1. The summed E-state index contributed by atoms with van der Waals surface area (Å²) in [6.45, 7) is 1.88. The van der Waals surface area contributed by atoms with Crippen molar-refractivity contribution in [1.82, 2.24) is 14.7 Å². The molecule has 2 aliphatic heterocycles. The van der Waals surface area contributed by atoms with E-state index in [1.807, 2.05) is 37.2 Å². The molecule has 2 aromatic rings. The summed E-state index contributed by atoms with van der Waals surface area (Å²) < 4.78 is 15.0. The zero-order valence-electron chi connectivity index (χ0n) is 19.9. The van der Waals surface area contributed by atoms with Gasteiger partial charge < -0.3 is 9.80 Å². The van der Waals surface area contributed by atoms with Crippen LogP contribution in [-0.2, 0) is 19.8 Å². The standard InChI is InChI=1S/C27H32FN3O3/c1-29(2)15-16-31-25(33)18-27(26(31)34,22-12-6-7-13-23(22)28)17-24(32)30-14-8-11-21(19-30)20-9-4-3-5-10-20/h3-7,9-10,12-13,21H,8,11,14-19H2,1-2H3. The fraction of sp³-hybridized carbons (Fsp3) is 0.444. The maximum atomic E-state index is 15.0. The Balaban J connectivity index is 1.61. The highest BCUT2D eigenvalue weighted by Crippen LogP contribution is 2.42. The Kier molecular flexibility index (Phi) is 7.12. The molecular formula is C27H32FN3O3. The largest absolute Gasteiger partial charge is 0.342 e. The van der Waals surface area contributed by atoms with Gasteiger partial charge >= 0.3 is 0 Å². The molecule has 2 aromatic carbocycles. The van der Waals surface area contributed by atoms with Crippen LogP contribution < -0.4 is 0 Å². The Morgan fingerprint density at radius 3 is 2.50 bits per heavy atom. The summed E-state index contributed by atoms with van der Waals surface area (Å²) in [7, 11) is 3.72. The number of likely N-dealkylation sites (N-methyl/N-ethyl adjacent to an activating group) is 1. The molecule has 2 saturated heterocycles. The smallest absolute Gasteiger partial charge is 0.241 e. The highest BCUT2D eigenvalue weighted by atomic mass is 19.1. The van der Waals surface area contributed by atoms with Crippen molar-refractivity contribution in [2.75, 3.05) is 40.3 Å². The number of piperidine rings is 1. The molecule has 7 heteroatoms. The molecule has 4 rings (SSSR count). The minimum atomic E-state index is -1.51. The van der Waals surface area contributed by atoms with Gasteiger partial charge in [-0.2, -0.15) is 0 Å². The molecule has 3 amide bonds. The molecule has 0 aliphatic carbocycles. The second kappa shape index (κ2) is 10.1. The molecule has 180 valence electrons. The first-order valence-electron chi connectivity index (χ1n) is 11.9. The Labute approximate surface area is 200 Å². The second-order valence-electron chi connectivity index (χ2n) is 9.66. The van der Waals surface area contributed by atoms with Crippen LogP contribution in [0.15, 0.2) is 54.6 Å². The predicted molar refractivity (Wildman–Crippen MR) is 128 cm³/mol. The number of carbonyl (C=O) groups excluding carboxylic acids is 3. The van der Waals surface area contributed by atoms with Crippen molar-refractivity contribution < 1.29 is 18.8 Å². The van der Waals surface area contributed by atoms with Crippen molar-refractivity contribution in [1.29, 1.82) is 0 Å². The van der Waals surface area contributed by atoms with Gasteiger partial charge in [-0.15, -0.1) is 0 Å². The van der Waals surface area contributed by atoms with Crippen LogP contribution in [0.2, 0.25) is 0 Å². The number of carbonyl (C=O) groups is 3. The lowest BCUT2D eigenvalue weighted by Gasteiger charge is -2.36. The third-order valence-corrected chi connectivity index (χ3v) is 7.07. The summed E-state index contributed by atoms with van der Waals surface area (Å²) in [5.41, 5.74) is -0.192. The van der Waals surface area contributed by atoms with Crippen LogP contribution >= 0.6 is 0 Å². The van der Waals surface area contributed by atoms with E-state index < -0.39 is 17.1 Å². The van der Waals surface area contributed by atoms with Crippen molar-refractivity contribution >= 4 is 17.7 Å². The Morgan fingerprint density at radius 1 is 1.09 bits per heavy atom. The normalized spacial score (nSPS) is 23.1. The number of rotatable bonds is 7. The first-order valence-corrected chi connectivity index (χ1v) is 11.9. The summed E-state index contributed by atoms with van der Waals surface area (Å²) in [6.07, 6.45) is 1.45. The van der Waals surface area contributed by atoms with Gasteiger partial charge in [0.05, 0.1) is 5.41 Å². The monoisotopic (exact) mass is 465 g/mol. The molecule has 2 fully saturated rings. The van der Waals surface area contributed by atoms with E-state index in [2.05, 4.69) is 12.1 Å². The summed E-state index contributed by atoms with van der Waals surface area (Å²) >= 11 is 0. The van der Waals surface area contributed by atoms with Crippen LogP contribution in [0.4, 0.5) is 4.39 Å². The van der Waals surface area contributed by atoms with E-state index in [9.17, 15) is 18.8 Å². The van der Waals surface area contributed by atoms with Crippen LogP contribution in [0.3, 0.4) is 0 Å². The number of hydrogen-bond donors (Lipinski definition) is 0. The molecular weight excluding hydrogens is 433 g/mol. The number of amides is 3. The lowest BCUT2D eigenvalue weighted by Crippen LogP contribution is -2.46. The maximum Gasteiger partial charge on any atom is 0.241 e. The Morgan fingerprint density at radius 2 is 1.79 bits per heavy atom. The summed E-state index contributed by atoms with van der Waals surface area (Å²) in [5, 5.41) is 0. The molecule has 2 heterocycles. The molecule has 2 unspecified atom stereocenters. The van der Waals surface area contributed by atoms with Gasteiger partial charge in [-0.1, -0.05) is 48.5 Å². The molecule has 6 nitrogen and oxygen atoms in total. The topological polar surface area (TPSA) is 60.9 Å². The minimum Gasteiger partial charge on any atom is -0.342 e. The van der Waals surface area contributed by atoms with Gasteiger partial charge in [0.15, 0.2) is 0 Å². The van der Waals surface area contributed by atoms with Crippen LogP contribution in [-0.4, -0.2) is 72.7 Å². The van der Waals surface area contributed by atoms with Crippen LogP contribution in [0, 0.1) is 5.82 Å². The molecule has 0 radical (unpaired) electrons. The van der Waals surface area contributed by atoms with Gasteiger partial charge in [0, 0.05) is 50.5 Å². The number of imide groups is 1. The van der Waals surface area contributed by atoms with E-state index in [1.165, 1.54) is 22.6 Å². The van der Waals surface area contributed by atoms with Crippen LogP contribution in [0.5, 0.6) is 0 Å². The molecule has 0 spiro atoms. The summed E-state index contributed by atoms with van der Waals surface area (Å²) in [4.78, 5) is 45.0. The van der Waals surface area contributed by atoms with Crippen molar-refractivity contribution in [2.24, 2.45) is 0 Å². The van der Waals surface area contributed by atoms with Gasteiger partial charge in [0.2, 0.25) is 17.7 Å². The molecule has 34 heavy (non-hydrogen) atoms. The molecule has 0 aromatic heterocycles. The molecule has 0 N–H and O–H groups in total. The maximum absolute atomic E-state index is 15.0. The summed E-state index contributed by atoms with van der Waals surface area (Å²) in [6, 6.07) is 16.1. The van der Waals surface area contributed by atoms with Crippen molar-refractivity contribution in [2.45, 2.75) is 37.0 Å². The molecule has 2 atom stereocenters. The quantitative estimate of drug-likeness (QED) is 0.590. The molecule has 0 saturated carbocycles. The molecule has 0 bridgehead atoms. The zero-order chi connectivity index (χ0) is 24.3. The van der Waals surface area contributed by atoms with E-state index in [-0.39, 0.29) is 42.7 Å². The van der Waals surface area contributed by atoms with E-state index in [4.69, 9.17) is 0 Å². The Bertz CT molecular complexity index is 1060. The fourth-order valence-electron chi connectivity index (χ4n) is 5.19. The molecule has 2 aliphatic rings. The Hall–Kier alpha value is -3.06. The van der Waals surface area contributed by atoms with Gasteiger partial charge in [-0.3, -0.25) is 19.3 Å². The minimum absolute atomic E-state index is 0.130. The van der Waals surface area contributed by atoms with Crippen LogP contribution in [0.1, 0.15) is 42.7 Å². The highest BCUT2D eigenvalue weighted by molar-refractivity contribution is 6.10. The first-order chi connectivity index (χ1) is 16.3. The number of hydrogen-bond acceptors (Lipinski definition) is 4. The van der Waals surface area contributed by atoms with E-state index in [0.29, 0.717) is 19.6 Å². The SMILES string of the molecule is CN(C)CCN1C(=O)CC(CC(=O)N2CCCC(c3ccccc3)C2)(c2ccccc2F)C1=O. The number of likely N-dealkylation sites (tertiary alicyclic amines) is 2. The van der Waals surface area contributed by atoms with Crippen molar-refractivity contribution in [3.8, 4) is 0 Å². The number of benzene rings is 2. The number of halogens is 1. The number of nitrogens with zero attached hydrogens (tertiary/aromatic N) is 3. The van der Waals surface area contributed by atoms with E-state index in [1.54, 1.807) is 17.0 Å². The summed E-state index contributed by atoms with van der Waals surface area (Å²) in [5.74, 6) is -1.38.